The molecule has 2 amide bonds. The fourth-order valence-electron chi connectivity index (χ4n) is 10.4. The van der Waals surface area contributed by atoms with E-state index in [0.29, 0.717) is 12.8 Å². The summed E-state index contributed by atoms with van der Waals surface area (Å²) in [5, 5.41) is 9.82. The number of allylic oxidation sites excluding steroid dienone is 4. The van der Waals surface area contributed by atoms with E-state index in [1.807, 2.05) is 19.1 Å². The average molecular weight is 562 g/mol. The van der Waals surface area contributed by atoms with Crippen LogP contribution in [0.5, 0.6) is 0 Å². The van der Waals surface area contributed by atoms with Crippen molar-refractivity contribution in [1.29, 1.82) is 5.26 Å². The number of rotatable bonds is 3. The number of nitrogens with zero attached hydrogens (tertiary/aromatic N) is 1. The molecule has 5 aliphatic carbocycles. The lowest BCUT2D eigenvalue weighted by atomic mass is 9.34. The minimum atomic E-state index is -0.503. The highest BCUT2D eigenvalue weighted by Gasteiger charge is 2.68. The van der Waals surface area contributed by atoms with Crippen molar-refractivity contribution in [2.45, 2.75) is 106 Å². The molecular formula is C34H47N3O4. The van der Waals surface area contributed by atoms with Gasteiger partial charge in [0.1, 0.15) is 6.07 Å². The van der Waals surface area contributed by atoms with E-state index >= 15 is 0 Å². The molecule has 0 spiro atoms. The van der Waals surface area contributed by atoms with Crippen LogP contribution in [0, 0.1) is 62.1 Å². The average Bonchev–Trinajstić information content (AvgIpc) is 2.90. The molecular weight excluding hydrogens is 514 g/mol. The predicted molar refractivity (Wildman–Crippen MR) is 155 cm³/mol. The first-order chi connectivity index (χ1) is 19.0. The van der Waals surface area contributed by atoms with Crippen molar-refractivity contribution in [3.05, 3.63) is 23.3 Å². The number of hydrogen-bond acceptors (Lipinski definition) is 5. The first kappa shape index (κ1) is 29.7. The van der Waals surface area contributed by atoms with Crippen molar-refractivity contribution in [2.75, 3.05) is 0 Å². The summed E-state index contributed by atoms with van der Waals surface area (Å²) in [4.78, 5) is 51.4. The Labute approximate surface area is 244 Å². The Morgan fingerprint density at radius 1 is 1.00 bits per heavy atom. The summed E-state index contributed by atoms with van der Waals surface area (Å²) in [5.41, 5.74) is 5.31. The van der Waals surface area contributed by atoms with Gasteiger partial charge in [0.05, 0.1) is 5.57 Å². The van der Waals surface area contributed by atoms with Gasteiger partial charge in [0.25, 0.3) is 0 Å². The van der Waals surface area contributed by atoms with Crippen LogP contribution in [0.15, 0.2) is 23.3 Å². The van der Waals surface area contributed by atoms with Gasteiger partial charge in [-0.2, -0.15) is 5.26 Å². The number of Topliss-reactive ketones (excluding diaryl/α,β-unsaturated/α-hetero) is 1. The maximum absolute atomic E-state index is 14.5. The van der Waals surface area contributed by atoms with Crippen molar-refractivity contribution >= 4 is 23.4 Å². The van der Waals surface area contributed by atoms with E-state index in [-0.39, 0.29) is 74.3 Å². The molecule has 5 rings (SSSR count). The number of hydrogen-bond donors (Lipinski definition) is 2. The minimum Gasteiger partial charge on any atom is -0.295 e. The van der Waals surface area contributed by atoms with E-state index in [1.165, 1.54) is 6.92 Å². The van der Waals surface area contributed by atoms with E-state index in [9.17, 15) is 24.4 Å². The predicted octanol–water partition coefficient (Wildman–Crippen LogP) is 5.76. The number of ketones is 2. The third-order valence-corrected chi connectivity index (χ3v) is 12.9. The quantitative estimate of drug-likeness (QED) is 0.425. The molecule has 8 atom stereocenters. The van der Waals surface area contributed by atoms with E-state index in [4.69, 9.17) is 0 Å². The number of nitriles is 1. The summed E-state index contributed by atoms with van der Waals surface area (Å²) < 4.78 is 0. The molecule has 7 nitrogen and oxygen atoms in total. The molecule has 3 saturated carbocycles. The van der Waals surface area contributed by atoms with Crippen LogP contribution in [0.25, 0.3) is 0 Å². The zero-order chi connectivity index (χ0) is 30.2. The van der Waals surface area contributed by atoms with Crippen molar-refractivity contribution in [3.8, 4) is 6.07 Å². The maximum Gasteiger partial charge on any atom is 0.238 e. The summed E-state index contributed by atoms with van der Waals surface area (Å²) in [6.45, 7) is 14.8. The minimum absolute atomic E-state index is 0.0696. The highest BCUT2D eigenvalue weighted by molar-refractivity contribution is 6.02. The van der Waals surface area contributed by atoms with Crippen molar-refractivity contribution < 1.29 is 19.2 Å². The first-order valence-electron chi connectivity index (χ1n) is 15.5. The Morgan fingerprint density at radius 3 is 2.34 bits per heavy atom. The van der Waals surface area contributed by atoms with Gasteiger partial charge < -0.3 is 0 Å². The smallest absolute Gasteiger partial charge is 0.238 e. The largest absolute Gasteiger partial charge is 0.295 e. The van der Waals surface area contributed by atoms with Gasteiger partial charge in [0.2, 0.25) is 11.8 Å². The van der Waals surface area contributed by atoms with Crippen molar-refractivity contribution in [1.82, 2.24) is 10.9 Å². The van der Waals surface area contributed by atoms with Gasteiger partial charge in [0.15, 0.2) is 11.6 Å². The van der Waals surface area contributed by atoms with Crippen LogP contribution in [0.1, 0.15) is 106 Å². The molecule has 0 saturated heterocycles. The third kappa shape index (κ3) is 4.34. The summed E-state index contributed by atoms with van der Waals surface area (Å²) >= 11 is 0. The van der Waals surface area contributed by atoms with E-state index in [0.717, 1.165) is 50.5 Å². The van der Waals surface area contributed by atoms with Gasteiger partial charge in [-0.25, -0.2) is 0 Å². The zero-order valence-corrected chi connectivity index (χ0v) is 25.9. The van der Waals surface area contributed by atoms with E-state index in [2.05, 4.69) is 51.5 Å². The van der Waals surface area contributed by atoms with E-state index in [1.54, 1.807) is 0 Å². The molecule has 0 bridgehead atoms. The molecule has 0 aromatic heterocycles. The van der Waals surface area contributed by atoms with Crippen LogP contribution in [0.4, 0.5) is 0 Å². The van der Waals surface area contributed by atoms with E-state index < -0.39 is 5.41 Å². The van der Waals surface area contributed by atoms with Crippen molar-refractivity contribution in [2.24, 2.45) is 50.7 Å². The SMILES string of the molecule is CC(=O)NNC(=O)CC[C@]12CCC(C)(C)C[C@@H]1C1C(=O)C=C3[C@@]4(C)C=C(C#N)C(=O)[C@@H](C)[C@@H]4CC[C@@]3(C)[C@]1(C)CC2. The summed E-state index contributed by atoms with van der Waals surface area (Å²) in [7, 11) is 0. The number of amides is 2. The molecule has 0 aromatic carbocycles. The number of fused-ring (bicyclic) bond motifs is 7. The monoisotopic (exact) mass is 561 g/mol. The maximum atomic E-state index is 14.5. The van der Waals surface area contributed by atoms with Crippen LogP contribution in [0.3, 0.4) is 0 Å². The number of nitrogens with one attached hydrogen (secondary N) is 2. The molecule has 7 heteroatoms. The van der Waals surface area contributed by atoms with Crippen LogP contribution in [-0.2, 0) is 19.2 Å². The molecule has 0 heterocycles. The van der Waals surface area contributed by atoms with Gasteiger partial charge in [0, 0.05) is 30.6 Å². The second-order valence-electron chi connectivity index (χ2n) is 15.5. The third-order valence-electron chi connectivity index (χ3n) is 12.9. The molecule has 3 fully saturated rings. The topological polar surface area (TPSA) is 116 Å². The van der Waals surface area contributed by atoms with Crippen LogP contribution in [-0.4, -0.2) is 23.4 Å². The molecule has 41 heavy (non-hydrogen) atoms. The Kier molecular flexibility index (Phi) is 6.99. The second-order valence-corrected chi connectivity index (χ2v) is 15.5. The fraction of sp³-hybridized carbons (Fsp3) is 0.735. The van der Waals surface area contributed by atoms with Crippen molar-refractivity contribution in [3.63, 3.8) is 0 Å². The number of carbonyl (C=O) groups excluding carboxylic acids is 4. The summed E-state index contributed by atoms with van der Waals surface area (Å²) in [6, 6.07) is 2.16. The normalized spacial score (nSPS) is 42.7. The molecule has 0 radical (unpaired) electrons. The standard InChI is InChI=1S/C34H47N3O4/c1-20-23-8-10-32(6)26(31(23,5)17-22(19-35)29(20)41)16-25(39)28-24-18-30(3,4)12-14-34(24,15-13-33(28,32)7)11-9-27(40)37-36-21(2)38/h16-17,20,23-24,28H,8-15,18H2,1-7H3,(H,36,38)(H,37,40)/t20-,23-,24+,28?,31-,32+,33+,34+/m0/s1. The summed E-state index contributed by atoms with van der Waals surface area (Å²) in [6.07, 6.45) is 11.6. The highest BCUT2D eigenvalue weighted by Crippen LogP contribution is 2.74. The molecule has 0 aromatic rings. The van der Waals surface area contributed by atoms with Gasteiger partial charge in [-0.3, -0.25) is 30.0 Å². The highest BCUT2D eigenvalue weighted by atomic mass is 16.2. The number of hydrazine groups is 1. The lowest BCUT2D eigenvalue weighted by Crippen LogP contribution is -2.64. The first-order valence-corrected chi connectivity index (χ1v) is 15.5. The fourth-order valence-corrected chi connectivity index (χ4v) is 10.4. The second kappa shape index (κ2) is 9.64. The summed E-state index contributed by atoms with van der Waals surface area (Å²) in [5.74, 6) is -0.503. The molecule has 0 aliphatic heterocycles. The Bertz CT molecular complexity index is 1310. The zero-order valence-electron chi connectivity index (χ0n) is 25.9. The molecule has 2 N–H and O–H groups in total. The van der Waals surface area contributed by atoms with Gasteiger partial charge in [-0.1, -0.05) is 53.2 Å². The Balaban J connectivity index is 1.56. The Morgan fingerprint density at radius 2 is 1.68 bits per heavy atom. The van der Waals surface area contributed by atoms with Gasteiger partial charge in [-0.05, 0) is 90.9 Å². The lowest BCUT2D eigenvalue weighted by Gasteiger charge is -2.69. The van der Waals surface area contributed by atoms with Gasteiger partial charge >= 0.3 is 0 Å². The lowest BCUT2D eigenvalue weighted by molar-refractivity contribution is -0.171. The van der Waals surface area contributed by atoms with Crippen LogP contribution in [0.2, 0.25) is 0 Å². The number of carbonyl (C=O) groups is 4. The van der Waals surface area contributed by atoms with Crippen LogP contribution >= 0.6 is 0 Å². The molecule has 5 aliphatic rings. The Hall–Kier alpha value is -2.75. The molecule has 222 valence electrons. The molecule has 1 unspecified atom stereocenters. The van der Waals surface area contributed by atoms with Gasteiger partial charge in [-0.15, -0.1) is 0 Å². The van der Waals surface area contributed by atoms with Crippen LogP contribution < -0.4 is 10.9 Å².